The van der Waals surface area contributed by atoms with Crippen molar-refractivity contribution in [3.8, 4) is 0 Å². The third-order valence-electron chi connectivity index (χ3n) is 3.69. The molecule has 0 aliphatic carbocycles. The number of anilines is 1. The molecule has 0 spiro atoms. The first-order chi connectivity index (χ1) is 8.52. The van der Waals surface area contributed by atoms with E-state index >= 15 is 0 Å². The van der Waals surface area contributed by atoms with Crippen LogP contribution in [0.4, 0.5) is 5.69 Å². The van der Waals surface area contributed by atoms with E-state index in [1.807, 2.05) is 18.7 Å². The Morgan fingerprint density at radius 2 is 2.11 bits per heavy atom. The Morgan fingerprint density at radius 3 is 2.78 bits per heavy atom. The van der Waals surface area contributed by atoms with Gasteiger partial charge in [0.1, 0.15) is 0 Å². The van der Waals surface area contributed by atoms with Gasteiger partial charge in [0.05, 0.1) is 6.04 Å². The molecule has 18 heavy (non-hydrogen) atoms. The summed E-state index contributed by atoms with van der Waals surface area (Å²) in [5.41, 5.74) is 9.53. The minimum absolute atomic E-state index is 0.0558. The lowest BCUT2D eigenvalue weighted by molar-refractivity contribution is -0.120. The number of hydrogen-bond acceptors (Lipinski definition) is 2. The van der Waals surface area contributed by atoms with Crippen molar-refractivity contribution in [2.45, 2.75) is 39.7 Å². The number of carbonyl (C=O) groups is 1. The number of nitrogens with zero attached hydrogens (tertiary/aromatic N) is 1. The molecule has 3 nitrogen and oxygen atoms in total. The fourth-order valence-electron chi connectivity index (χ4n) is 2.53. The first kappa shape index (κ1) is 13.1. The SMILES string of the molecule is Cc1cccc2c1N(C(=O)C(N)C(C)C)CCC2. The molecule has 2 N–H and O–H groups in total. The Morgan fingerprint density at radius 1 is 1.39 bits per heavy atom. The molecule has 2 rings (SSSR count). The van der Waals surface area contributed by atoms with E-state index in [0.29, 0.717) is 0 Å². The number of benzene rings is 1. The van der Waals surface area contributed by atoms with Crippen LogP contribution in [0, 0.1) is 12.8 Å². The highest BCUT2D eigenvalue weighted by atomic mass is 16.2. The van der Waals surface area contributed by atoms with Crippen molar-refractivity contribution in [3.63, 3.8) is 0 Å². The summed E-state index contributed by atoms with van der Waals surface area (Å²) in [5.74, 6) is 0.229. The molecule has 3 heteroatoms. The molecule has 1 aliphatic rings. The lowest BCUT2D eigenvalue weighted by Gasteiger charge is -2.33. The van der Waals surface area contributed by atoms with Gasteiger partial charge in [-0.3, -0.25) is 4.79 Å². The molecule has 0 bridgehead atoms. The lowest BCUT2D eigenvalue weighted by atomic mass is 9.96. The molecule has 1 atom stereocenters. The summed E-state index contributed by atoms with van der Waals surface area (Å²) in [6, 6.07) is 5.83. The molecule has 0 saturated heterocycles. The van der Waals surface area contributed by atoms with Gasteiger partial charge in [-0.15, -0.1) is 0 Å². The first-order valence-corrected chi connectivity index (χ1v) is 6.68. The fourth-order valence-corrected chi connectivity index (χ4v) is 2.53. The summed E-state index contributed by atoms with van der Waals surface area (Å²) in [4.78, 5) is 14.3. The van der Waals surface area contributed by atoms with Crippen LogP contribution in [-0.4, -0.2) is 18.5 Å². The predicted molar refractivity (Wildman–Crippen MR) is 74.7 cm³/mol. The number of carbonyl (C=O) groups excluding carboxylic acids is 1. The fraction of sp³-hybridized carbons (Fsp3) is 0.533. The van der Waals surface area contributed by atoms with Crippen molar-refractivity contribution in [1.82, 2.24) is 0 Å². The molecule has 1 unspecified atom stereocenters. The van der Waals surface area contributed by atoms with Crippen LogP contribution < -0.4 is 10.6 Å². The Kier molecular flexibility index (Phi) is 3.71. The van der Waals surface area contributed by atoms with Crippen molar-refractivity contribution in [3.05, 3.63) is 29.3 Å². The van der Waals surface area contributed by atoms with Crippen molar-refractivity contribution in [2.24, 2.45) is 11.7 Å². The van der Waals surface area contributed by atoms with E-state index in [2.05, 4.69) is 25.1 Å². The highest BCUT2D eigenvalue weighted by molar-refractivity contribution is 5.98. The molecule has 1 amide bonds. The third kappa shape index (κ3) is 2.27. The summed E-state index contributed by atoms with van der Waals surface area (Å²) in [5, 5.41) is 0. The summed E-state index contributed by atoms with van der Waals surface area (Å²) in [6.07, 6.45) is 2.07. The maximum absolute atomic E-state index is 12.5. The largest absolute Gasteiger partial charge is 0.320 e. The Labute approximate surface area is 109 Å². The van der Waals surface area contributed by atoms with Crippen LogP contribution in [0.25, 0.3) is 0 Å². The molecule has 0 saturated carbocycles. The van der Waals surface area contributed by atoms with Gasteiger partial charge in [0.25, 0.3) is 0 Å². The van der Waals surface area contributed by atoms with Crippen LogP contribution in [0.3, 0.4) is 0 Å². The summed E-state index contributed by atoms with van der Waals surface area (Å²) < 4.78 is 0. The van der Waals surface area contributed by atoms with Crippen molar-refractivity contribution >= 4 is 11.6 Å². The van der Waals surface area contributed by atoms with Gasteiger partial charge in [-0.2, -0.15) is 0 Å². The van der Waals surface area contributed by atoms with E-state index in [-0.39, 0.29) is 11.8 Å². The Balaban J connectivity index is 2.36. The maximum atomic E-state index is 12.5. The smallest absolute Gasteiger partial charge is 0.244 e. The number of rotatable bonds is 2. The van der Waals surface area contributed by atoms with E-state index in [1.54, 1.807) is 0 Å². The van der Waals surface area contributed by atoms with Gasteiger partial charge in [0.2, 0.25) is 5.91 Å². The number of hydrogen-bond donors (Lipinski definition) is 1. The summed E-state index contributed by atoms with van der Waals surface area (Å²) in [6.45, 7) is 6.83. The van der Waals surface area contributed by atoms with Gasteiger partial charge in [0, 0.05) is 12.2 Å². The molecule has 1 heterocycles. The van der Waals surface area contributed by atoms with Crippen molar-refractivity contribution in [1.29, 1.82) is 0 Å². The molecule has 1 aromatic carbocycles. The van der Waals surface area contributed by atoms with Crippen LogP contribution in [0.1, 0.15) is 31.4 Å². The molecule has 0 aromatic heterocycles. The standard InChI is InChI=1S/C15H22N2O/c1-10(2)13(16)15(18)17-9-5-8-12-7-4-6-11(3)14(12)17/h4,6-7,10,13H,5,8-9,16H2,1-3H3. The third-order valence-corrected chi connectivity index (χ3v) is 3.69. The summed E-state index contributed by atoms with van der Waals surface area (Å²) >= 11 is 0. The van der Waals surface area contributed by atoms with Crippen LogP contribution in [0.15, 0.2) is 18.2 Å². The number of amides is 1. The highest BCUT2D eigenvalue weighted by Gasteiger charge is 2.28. The lowest BCUT2D eigenvalue weighted by Crippen LogP contribution is -2.48. The molecule has 1 aliphatic heterocycles. The summed E-state index contributed by atoms with van der Waals surface area (Å²) in [7, 11) is 0. The van der Waals surface area contributed by atoms with Crippen LogP contribution in [-0.2, 0) is 11.2 Å². The first-order valence-electron chi connectivity index (χ1n) is 6.68. The normalized spacial score (nSPS) is 16.6. The van der Waals surface area contributed by atoms with Crippen LogP contribution >= 0.6 is 0 Å². The van der Waals surface area contributed by atoms with E-state index in [0.717, 1.165) is 30.6 Å². The molecule has 98 valence electrons. The number of para-hydroxylation sites is 1. The average molecular weight is 246 g/mol. The van der Waals surface area contributed by atoms with Gasteiger partial charge in [-0.1, -0.05) is 32.0 Å². The quantitative estimate of drug-likeness (QED) is 0.870. The highest BCUT2D eigenvalue weighted by Crippen LogP contribution is 2.31. The van der Waals surface area contributed by atoms with Gasteiger partial charge >= 0.3 is 0 Å². The zero-order valence-corrected chi connectivity index (χ0v) is 11.4. The minimum atomic E-state index is -0.407. The average Bonchev–Trinajstić information content (AvgIpc) is 2.36. The van der Waals surface area contributed by atoms with E-state index in [1.165, 1.54) is 5.56 Å². The molecular formula is C15H22N2O. The van der Waals surface area contributed by atoms with E-state index in [9.17, 15) is 4.79 Å². The Bertz CT molecular complexity index is 454. The number of aryl methyl sites for hydroxylation is 2. The number of nitrogens with two attached hydrogens (primary N) is 1. The molecular weight excluding hydrogens is 224 g/mol. The second-order valence-corrected chi connectivity index (χ2v) is 5.45. The van der Waals surface area contributed by atoms with E-state index < -0.39 is 6.04 Å². The zero-order chi connectivity index (χ0) is 13.3. The zero-order valence-electron chi connectivity index (χ0n) is 11.4. The topological polar surface area (TPSA) is 46.3 Å². The second-order valence-electron chi connectivity index (χ2n) is 5.45. The van der Waals surface area contributed by atoms with Gasteiger partial charge in [-0.25, -0.2) is 0 Å². The van der Waals surface area contributed by atoms with Crippen molar-refractivity contribution in [2.75, 3.05) is 11.4 Å². The van der Waals surface area contributed by atoms with E-state index in [4.69, 9.17) is 5.73 Å². The number of fused-ring (bicyclic) bond motifs is 1. The molecule has 0 radical (unpaired) electrons. The minimum Gasteiger partial charge on any atom is -0.320 e. The van der Waals surface area contributed by atoms with Crippen LogP contribution in [0.5, 0.6) is 0 Å². The molecule has 0 fully saturated rings. The maximum Gasteiger partial charge on any atom is 0.244 e. The van der Waals surface area contributed by atoms with Gasteiger partial charge in [-0.05, 0) is 36.8 Å². The Hall–Kier alpha value is -1.35. The van der Waals surface area contributed by atoms with Crippen molar-refractivity contribution < 1.29 is 4.79 Å². The van der Waals surface area contributed by atoms with Gasteiger partial charge < -0.3 is 10.6 Å². The monoisotopic (exact) mass is 246 g/mol. The van der Waals surface area contributed by atoms with Crippen LogP contribution in [0.2, 0.25) is 0 Å². The van der Waals surface area contributed by atoms with Gasteiger partial charge in [0.15, 0.2) is 0 Å². The molecule has 1 aromatic rings. The second kappa shape index (κ2) is 5.11. The predicted octanol–water partition coefficient (Wildman–Crippen LogP) is 2.26.